The average Bonchev–Trinajstić information content (AvgIpc) is 3.23. The number of nitrogens with zero attached hydrogens (tertiary/aromatic N) is 1. The number of benzene rings is 1. The first-order valence-electron chi connectivity index (χ1n) is 8.88. The van der Waals surface area contributed by atoms with Gasteiger partial charge in [0.2, 0.25) is 0 Å². The van der Waals surface area contributed by atoms with E-state index in [0.717, 1.165) is 13.1 Å². The third-order valence-corrected chi connectivity index (χ3v) is 5.65. The van der Waals surface area contributed by atoms with Crippen LogP contribution in [0.25, 0.3) is 11.0 Å². The van der Waals surface area contributed by atoms with Crippen molar-refractivity contribution in [3.05, 3.63) is 68.7 Å². The Morgan fingerprint density at radius 2 is 2.00 bits per heavy atom. The van der Waals surface area contributed by atoms with E-state index >= 15 is 0 Å². The first-order valence-corrected chi connectivity index (χ1v) is 9.76. The summed E-state index contributed by atoms with van der Waals surface area (Å²) in [6, 6.07) is 12.3. The lowest BCUT2D eigenvalue weighted by Crippen LogP contribution is -2.43. The molecule has 0 radical (unpaired) electrons. The first kappa shape index (κ1) is 17.9. The highest BCUT2D eigenvalue weighted by Gasteiger charge is 2.24. The van der Waals surface area contributed by atoms with Crippen LogP contribution in [0.4, 0.5) is 0 Å². The zero-order valence-electron chi connectivity index (χ0n) is 14.7. The Bertz CT molecular complexity index is 977. The van der Waals surface area contributed by atoms with Crippen LogP contribution in [0, 0.1) is 0 Å². The summed E-state index contributed by atoms with van der Waals surface area (Å²) >= 11 is 1.67. The van der Waals surface area contributed by atoms with E-state index in [9.17, 15) is 9.59 Å². The van der Waals surface area contributed by atoms with Crippen molar-refractivity contribution in [3.63, 3.8) is 0 Å². The number of carbonyl (C=O) groups excluding carboxylic acids is 1. The van der Waals surface area contributed by atoms with Crippen LogP contribution >= 0.6 is 11.3 Å². The molecule has 0 aliphatic carbocycles. The Morgan fingerprint density at radius 1 is 1.19 bits per heavy atom. The fourth-order valence-corrected chi connectivity index (χ4v) is 4.13. The van der Waals surface area contributed by atoms with E-state index in [1.165, 1.54) is 10.9 Å². The summed E-state index contributed by atoms with van der Waals surface area (Å²) in [5.41, 5.74) is 0.197. The number of para-hydroxylation sites is 1. The van der Waals surface area contributed by atoms with Crippen LogP contribution in [-0.4, -0.2) is 43.7 Å². The van der Waals surface area contributed by atoms with E-state index < -0.39 is 0 Å². The van der Waals surface area contributed by atoms with Crippen molar-refractivity contribution >= 4 is 28.2 Å². The van der Waals surface area contributed by atoms with Gasteiger partial charge < -0.3 is 14.5 Å². The van der Waals surface area contributed by atoms with Crippen LogP contribution < -0.4 is 10.7 Å². The molecule has 3 heterocycles. The molecule has 2 aromatic heterocycles. The number of carbonyl (C=O) groups is 1. The van der Waals surface area contributed by atoms with E-state index in [1.807, 2.05) is 11.4 Å². The second kappa shape index (κ2) is 8.04. The molecule has 0 unspecified atom stereocenters. The molecule has 1 atom stereocenters. The average molecular weight is 384 g/mol. The molecule has 27 heavy (non-hydrogen) atoms. The first-order chi connectivity index (χ1) is 13.2. The zero-order chi connectivity index (χ0) is 18.6. The van der Waals surface area contributed by atoms with Crippen molar-refractivity contribution < 1.29 is 13.9 Å². The zero-order valence-corrected chi connectivity index (χ0v) is 15.5. The van der Waals surface area contributed by atoms with E-state index in [1.54, 1.807) is 35.6 Å². The van der Waals surface area contributed by atoms with Crippen molar-refractivity contribution in [1.82, 2.24) is 10.2 Å². The van der Waals surface area contributed by atoms with Crippen LogP contribution in [0.2, 0.25) is 0 Å². The number of thiophene rings is 1. The van der Waals surface area contributed by atoms with Crippen LogP contribution in [0.15, 0.2) is 57.1 Å². The van der Waals surface area contributed by atoms with Crippen molar-refractivity contribution in [2.45, 2.75) is 6.04 Å². The fourth-order valence-electron chi connectivity index (χ4n) is 3.27. The molecule has 3 aromatic rings. The Balaban J connectivity index is 1.52. The number of rotatable bonds is 5. The number of nitrogens with one attached hydrogen (secondary N) is 1. The van der Waals surface area contributed by atoms with Gasteiger partial charge in [-0.15, -0.1) is 11.3 Å². The van der Waals surface area contributed by atoms with E-state index in [0.29, 0.717) is 30.7 Å². The third-order valence-electron chi connectivity index (χ3n) is 4.67. The van der Waals surface area contributed by atoms with E-state index in [4.69, 9.17) is 9.15 Å². The minimum absolute atomic E-state index is 0.0330. The van der Waals surface area contributed by atoms with Gasteiger partial charge in [-0.05, 0) is 23.6 Å². The Morgan fingerprint density at radius 3 is 2.78 bits per heavy atom. The maximum atomic E-state index is 12.6. The summed E-state index contributed by atoms with van der Waals surface area (Å²) < 4.78 is 11.1. The van der Waals surface area contributed by atoms with Crippen LogP contribution in [0.1, 0.15) is 21.5 Å². The lowest BCUT2D eigenvalue weighted by Gasteiger charge is -2.34. The molecule has 1 aliphatic rings. The largest absolute Gasteiger partial charge is 0.451 e. The van der Waals surface area contributed by atoms with Gasteiger partial charge in [-0.3, -0.25) is 14.5 Å². The molecule has 1 amide bonds. The molecule has 6 nitrogen and oxygen atoms in total. The number of ether oxygens (including phenoxy) is 1. The van der Waals surface area contributed by atoms with Gasteiger partial charge in [0.05, 0.1) is 24.6 Å². The lowest BCUT2D eigenvalue weighted by atomic mass is 10.1. The van der Waals surface area contributed by atoms with E-state index in [-0.39, 0.29) is 23.1 Å². The summed E-state index contributed by atoms with van der Waals surface area (Å²) in [6.07, 6.45) is 0. The topological polar surface area (TPSA) is 71.8 Å². The summed E-state index contributed by atoms with van der Waals surface area (Å²) in [5, 5.41) is 5.43. The van der Waals surface area contributed by atoms with Crippen LogP contribution in [-0.2, 0) is 4.74 Å². The third kappa shape index (κ3) is 3.95. The van der Waals surface area contributed by atoms with Gasteiger partial charge in [0.25, 0.3) is 5.91 Å². The van der Waals surface area contributed by atoms with Gasteiger partial charge >= 0.3 is 0 Å². The Labute approximate surface area is 160 Å². The second-order valence-electron chi connectivity index (χ2n) is 6.36. The summed E-state index contributed by atoms with van der Waals surface area (Å²) in [4.78, 5) is 28.3. The van der Waals surface area contributed by atoms with Crippen molar-refractivity contribution in [2.75, 3.05) is 32.8 Å². The minimum Gasteiger partial charge on any atom is -0.451 e. The van der Waals surface area contributed by atoms with Gasteiger partial charge in [-0.25, -0.2) is 0 Å². The van der Waals surface area contributed by atoms with Crippen molar-refractivity contribution in [2.24, 2.45) is 0 Å². The summed E-state index contributed by atoms with van der Waals surface area (Å²) in [5.74, 6) is -0.349. The predicted molar refractivity (Wildman–Crippen MR) is 104 cm³/mol. The molecule has 0 saturated carbocycles. The minimum atomic E-state index is -0.382. The predicted octanol–water partition coefficient (Wildman–Crippen LogP) is 2.66. The molecule has 0 spiro atoms. The van der Waals surface area contributed by atoms with Gasteiger partial charge in [0.15, 0.2) is 11.2 Å². The Hall–Kier alpha value is -2.48. The molecular weight excluding hydrogens is 364 g/mol. The van der Waals surface area contributed by atoms with Gasteiger partial charge in [0, 0.05) is 30.6 Å². The summed E-state index contributed by atoms with van der Waals surface area (Å²) in [6.45, 7) is 3.47. The molecule has 140 valence electrons. The maximum absolute atomic E-state index is 12.6. The number of amides is 1. The molecule has 1 saturated heterocycles. The van der Waals surface area contributed by atoms with Gasteiger partial charge in [0.1, 0.15) is 5.58 Å². The SMILES string of the molecule is O=C(NC[C@@H](c1cccs1)N1CCOCC1)c1cc(=O)c2ccccc2o1. The quantitative estimate of drug-likeness (QED) is 0.732. The number of hydrogen-bond acceptors (Lipinski definition) is 6. The number of hydrogen-bond donors (Lipinski definition) is 1. The molecule has 1 aromatic carbocycles. The highest BCUT2D eigenvalue weighted by Crippen LogP contribution is 2.25. The van der Waals surface area contributed by atoms with Crippen LogP contribution in [0.5, 0.6) is 0 Å². The molecule has 0 bridgehead atoms. The molecule has 4 rings (SSSR count). The summed E-state index contributed by atoms with van der Waals surface area (Å²) in [7, 11) is 0. The lowest BCUT2D eigenvalue weighted by molar-refractivity contribution is 0.0168. The van der Waals surface area contributed by atoms with Crippen LogP contribution in [0.3, 0.4) is 0 Å². The fraction of sp³-hybridized carbons (Fsp3) is 0.300. The number of morpholine rings is 1. The maximum Gasteiger partial charge on any atom is 0.287 e. The standard InChI is InChI=1S/C20H20N2O4S/c23-16-12-18(26-17-5-2-1-4-14(16)17)20(24)21-13-15(19-6-3-11-27-19)22-7-9-25-10-8-22/h1-6,11-12,15H,7-10,13H2,(H,21,24)/t15-/m0/s1. The van der Waals surface area contributed by atoms with E-state index in [2.05, 4.69) is 16.3 Å². The monoisotopic (exact) mass is 384 g/mol. The van der Waals surface area contributed by atoms with Gasteiger partial charge in [-0.1, -0.05) is 18.2 Å². The highest BCUT2D eigenvalue weighted by atomic mass is 32.1. The molecular formula is C20H20N2O4S. The highest BCUT2D eigenvalue weighted by molar-refractivity contribution is 7.10. The Kier molecular flexibility index (Phi) is 5.33. The number of fused-ring (bicyclic) bond motifs is 1. The molecule has 1 fully saturated rings. The molecule has 7 heteroatoms. The molecule has 1 N–H and O–H groups in total. The van der Waals surface area contributed by atoms with Crippen molar-refractivity contribution in [1.29, 1.82) is 0 Å². The molecule has 1 aliphatic heterocycles. The normalized spacial score (nSPS) is 16.3. The second-order valence-corrected chi connectivity index (χ2v) is 7.34. The van der Waals surface area contributed by atoms with Crippen molar-refractivity contribution in [3.8, 4) is 0 Å². The van der Waals surface area contributed by atoms with Gasteiger partial charge in [-0.2, -0.15) is 0 Å². The smallest absolute Gasteiger partial charge is 0.287 e.